The van der Waals surface area contributed by atoms with Gasteiger partial charge in [0.25, 0.3) is 11.8 Å². The maximum absolute atomic E-state index is 14.8. The number of carbonyl (C=O) groups excluding carboxylic acids is 2. The van der Waals surface area contributed by atoms with E-state index in [1.165, 1.54) is 0 Å². The van der Waals surface area contributed by atoms with E-state index in [2.05, 4.69) is 15.6 Å². The first kappa shape index (κ1) is 27.2. The fourth-order valence-electron chi connectivity index (χ4n) is 4.53. The first-order chi connectivity index (χ1) is 19.1. The first-order valence-electron chi connectivity index (χ1n) is 12.6. The number of hydrogen-bond donors (Lipinski definition) is 3. The molecule has 0 saturated heterocycles. The van der Waals surface area contributed by atoms with Crippen LogP contribution in [0.25, 0.3) is 22.0 Å². The molecule has 0 unspecified atom stereocenters. The van der Waals surface area contributed by atoms with Gasteiger partial charge in [-0.1, -0.05) is 41.9 Å². The van der Waals surface area contributed by atoms with Gasteiger partial charge in [0, 0.05) is 45.8 Å². The molecule has 1 heterocycles. The van der Waals surface area contributed by atoms with Gasteiger partial charge < -0.3 is 15.7 Å². The molecular weight excluding hydrogens is 540 g/mol. The van der Waals surface area contributed by atoms with Crippen LogP contribution < -0.4 is 10.6 Å². The summed E-state index contributed by atoms with van der Waals surface area (Å²) in [5.74, 6) is -5.82. The minimum Gasteiger partial charge on any atom is -0.480 e. The van der Waals surface area contributed by atoms with Crippen LogP contribution in [0.5, 0.6) is 0 Å². The molecule has 204 valence electrons. The molecule has 1 atom stereocenters. The molecule has 40 heavy (non-hydrogen) atoms. The molecule has 3 N–H and O–H groups in total. The van der Waals surface area contributed by atoms with Gasteiger partial charge in [-0.25, -0.2) is 13.6 Å². The van der Waals surface area contributed by atoms with Crippen LogP contribution in [-0.2, 0) is 11.2 Å². The maximum Gasteiger partial charge on any atom is 0.326 e. The summed E-state index contributed by atoms with van der Waals surface area (Å²) in [5, 5.41) is 15.9. The van der Waals surface area contributed by atoms with Gasteiger partial charge in [-0.15, -0.1) is 0 Å². The zero-order valence-electron chi connectivity index (χ0n) is 21.3. The van der Waals surface area contributed by atoms with E-state index in [1.807, 2.05) is 25.1 Å². The number of fused-ring (bicyclic) bond motifs is 1. The van der Waals surface area contributed by atoms with E-state index in [1.54, 1.807) is 30.5 Å². The highest BCUT2D eigenvalue weighted by Crippen LogP contribution is 2.35. The van der Waals surface area contributed by atoms with Crippen LogP contribution in [0.3, 0.4) is 0 Å². The predicted octanol–water partition coefficient (Wildman–Crippen LogP) is 5.46. The van der Waals surface area contributed by atoms with E-state index < -0.39 is 41.0 Å². The lowest BCUT2D eigenvalue weighted by atomic mass is 9.94. The second kappa shape index (κ2) is 11.0. The summed E-state index contributed by atoms with van der Waals surface area (Å²) >= 11 is 6.49. The normalized spacial score (nSPS) is 13.6. The quantitative estimate of drug-likeness (QED) is 0.264. The third kappa shape index (κ3) is 5.65. The summed E-state index contributed by atoms with van der Waals surface area (Å²) in [5.41, 5.74) is 2.40. The molecule has 2 amide bonds. The number of amides is 2. The third-order valence-electron chi connectivity index (χ3n) is 6.75. The number of aliphatic carboxylic acids is 1. The van der Waals surface area contributed by atoms with Crippen LogP contribution in [0.4, 0.5) is 8.78 Å². The number of hydrogen-bond acceptors (Lipinski definition) is 4. The molecule has 1 aliphatic carbocycles. The zero-order chi connectivity index (χ0) is 28.6. The van der Waals surface area contributed by atoms with E-state index in [4.69, 9.17) is 11.6 Å². The van der Waals surface area contributed by atoms with E-state index in [0.29, 0.717) is 21.5 Å². The Bertz CT molecular complexity index is 1650. The second-order valence-corrected chi connectivity index (χ2v) is 10.2. The second-order valence-electron chi connectivity index (χ2n) is 9.79. The highest BCUT2D eigenvalue weighted by molar-refractivity contribution is 6.33. The molecule has 1 saturated carbocycles. The van der Waals surface area contributed by atoms with Crippen molar-refractivity contribution in [3.8, 4) is 11.1 Å². The van der Waals surface area contributed by atoms with Gasteiger partial charge in [0.15, 0.2) is 0 Å². The number of pyridine rings is 1. The van der Waals surface area contributed by atoms with Gasteiger partial charge >= 0.3 is 5.97 Å². The van der Waals surface area contributed by atoms with Crippen molar-refractivity contribution in [1.29, 1.82) is 0 Å². The fraction of sp³-hybridized carbons (Fsp3) is 0.200. The number of carboxylic acids is 1. The molecule has 1 aliphatic rings. The smallest absolute Gasteiger partial charge is 0.326 e. The molecule has 10 heteroatoms. The molecule has 3 aromatic carbocycles. The van der Waals surface area contributed by atoms with Gasteiger partial charge in [-0.3, -0.25) is 14.6 Å². The Morgan fingerprint density at radius 2 is 1.73 bits per heavy atom. The molecule has 0 aliphatic heterocycles. The summed E-state index contributed by atoms with van der Waals surface area (Å²) in [7, 11) is 0. The zero-order valence-corrected chi connectivity index (χ0v) is 22.1. The molecule has 0 radical (unpaired) electrons. The van der Waals surface area contributed by atoms with Gasteiger partial charge in [0.1, 0.15) is 23.2 Å². The third-order valence-corrected chi connectivity index (χ3v) is 7.06. The average molecular weight is 564 g/mol. The maximum atomic E-state index is 14.8. The molecule has 0 spiro atoms. The molecule has 4 aromatic rings. The lowest BCUT2D eigenvalue weighted by Crippen LogP contribution is -2.43. The van der Waals surface area contributed by atoms with Crippen LogP contribution in [0.1, 0.15) is 44.7 Å². The number of carboxylic acid groups (broad SMARTS) is 1. The lowest BCUT2D eigenvalue weighted by Gasteiger charge is -2.18. The van der Waals surface area contributed by atoms with E-state index in [0.717, 1.165) is 41.7 Å². The number of halogens is 3. The Hall–Kier alpha value is -4.37. The highest BCUT2D eigenvalue weighted by Gasteiger charge is 2.28. The van der Waals surface area contributed by atoms with Crippen LogP contribution in [0.15, 0.2) is 60.8 Å². The molecule has 0 bridgehead atoms. The Morgan fingerprint density at radius 3 is 2.38 bits per heavy atom. The van der Waals surface area contributed by atoms with E-state index >= 15 is 0 Å². The standard InChI is InChI=1S/C30H24ClF2N3O4/c1-15-4-8-20(22(31)11-15)21-9-5-16(19-3-2-10-34-27(19)21)14-25(30(39)40)36-29(38)26-23(32)12-17(13-24(26)33)28(37)35-18-6-7-18/h2-5,8-13,18,25H,6-7,14H2,1H3,(H,35,37)(H,36,38)(H,39,40)/t25-/m0/s1. The molecular formula is C30H24ClF2N3O4. The number of carbonyl (C=O) groups is 3. The van der Waals surface area contributed by atoms with Gasteiger partial charge in [-0.05, 0) is 55.2 Å². The minimum absolute atomic E-state index is 0.0212. The summed E-state index contributed by atoms with van der Waals surface area (Å²) in [6.07, 6.45) is 3.01. The van der Waals surface area contributed by atoms with Crippen molar-refractivity contribution in [2.24, 2.45) is 0 Å². The van der Waals surface area contributed by atoms with Crippen LogP contribution >= 0.6 is 11.6 Å². The van der Waals surface area contributed by atoms with Gasteiger partial charge in [0.2, 0.25) is 0 Å². The monoisotopic (exact) mass is 563 g/mol. The minimum atomic E-state index is -1.51. The molecule has 5 rings (SSSR count). The summed E-state index contributed by atoms with van der Waals surface area (Å²) < 4.78 is 29.6. The van der Waals surface area contributed by atoms with Crippen molar-refractivity contribution in [3.05, 3.63) is 99.7 Å². The number of aromatic nitrogens is 1. The predicted molar refractivity (Wildman–Crippen MR) is 146 cm³/mol. The number of nitrogens with one attached hydrogen (secondary N) is 2. The molecule has 1 fully saturated rings. The van der Waals surface area contributed by atoms with E-state index in [-0.39, 0.29) is 18.0 Å². The number of aryl methyl sites for hydroxylation is 1. The Labute approximate surface area is 233 Å². The molecule has 7 nitrogen and oxygen atoms in total. The van der Waals surface area contributed by atoms with Gasteiger partial charge in [-0.2, -0.15) is 0 Å². The summed E-state index contributed by atoms with van der Waals surface area (Å²) in [4.78, 5) is 41.6. The van der Waals surface area contributed by atoms with E-state index in [9.17, 15) is 28.3 Å². The van der Waals surface area contributed by atoms with Crippen molar-refractivity contribution < 1.29 is 28.3 Å². The van der Waals surface area contributed by atoms with Crippen molar-refractivity contribution in [3.63, 3.8) is 0 Å². The van der Waals surface area contributed by atoms with Crippen molar-refractivity contribution >= 4 is 40.3 Å². The Morgan fingerprint density at radius 1 is 1.02 bits per heavy atom. The van der Waals surface area contributed by atoms with Crippen molar-refractivity contribution in [2.75, 3.05) is 0 Å². The van der Waals surface area contributed by atoms with Crippen LogP contribution in [0.2, 0.25) is 5.02 Å². The topological polar surface area (TPSA) is 108 Å². The highest BCUT2D eigenvalue weighted by atomic mass is 35.5. The number of nitrogens with zero attached hydrogens (tertiary/aromatic N) is 1. The Kier molecular flexibility index (Phi) is 7.49. The SMILES string of the molecule is Cc1ccc(-c2ccc(C[C@H](NC(=O)c3c(F)cc(C(=O)NC4CC4)cc3F)C(=O)O)c3cccnc23)c(Cl)c1. The Balaban J connectivity index is 1.42. The lowest BCUT2D eigenvalue weighted by molar-refractivity contribution is -0.139. The summed E-state index contributed by atoms with van der Waals surface area (Å²) in [6.45, 7) is 1.92. The summed E-state index contributed by atoms with van der Waals surface area (Å²) in [6, 6.07) is 12.6. The fourth-order valence-corrected chi connectivity index (χ4v) is 4.87. The molecule has 1 aromatic heterocycles. The number of benzene rings is 3. The van der Waals surface area contributed by atoms with Crippen LogP contribution in [-0.4, -0.2) is 40.0 Å². The number of rotatable bonds is 8. The first-order valence-corrected chi connectivity index (χ1v) is 13.0. The largest absolute Gasteiger partial charge is 0.480 e. The average Bonchev–Trinajstić information content (AvgIpc) is 3.72. The van der Waals surface area contributed by atoms with Crippen molar-refractivity contribution in [1.82, 2.24) is 15.6 Å². The van der Waals surface area contributed by atoms with Gasteiger partial charge in [0.05, 0.1) is 5.52 Å². The van der Waals surface area contributed by atoms with Crippen molar-refractivity contribution in [2.45, 2.75) is 38.3 Å². The van der Waals surface area contributed by atoms with Crippen LogP contribution in [0, 0.1) is 18.6 Å².